The van der Waals surface area contributed by atoms with Crippen molar-refractivity contribution in [3.8, 4) is 11.4 Å². The van der Waals surface area contributed by atoms with Gasteiger partial charge in [0.15, 0.2) is 5.16 Å². The van der Waals surface area contributed by atoms with Crippen molar-refractivity contribution in [2.75, 3.05) is 19.5 Å². The normalized spacial score (nSPS) is 12.3. The summed E-state index contributed by atoms with van der Waals surface area (Å²) in [5.74, 6) is 1.91. The quantitative estimate of drug-likeness (QED) is 0.222. The Morgan fingerprint density at radius 3 is 2.77 bits per heavy atom. The van der Waals surface area contributed by atoms with Crippen LogP contribution in [0, 0.1) is 0 Å². The van der Waals surface area contributed by atoms with Crippen molar-refractivity contribution in [1.82, 2.24) is 24.7 Å². The van der Waals surface area contributed by atoms with Gasteiger partial charge in [-0.05, 0) is 37.6 Å². The average Bonchev–Trinajstić information content (AvgIpc) is 3.27. The summed E-state index contributed by atoms with van der Waals surface area (Å²) in [5.41, 5.74) is 1.53. The number of rotatable bonds is 9. The number of benzene rings is 1. The molecule has 1 atom stereocenters. The van der Waals surface area contributed by atoms with Crippen molar-refractivity contribution in [1.29, 1.82) is 0 Å². The van der Waals surface area contributed by atoms with Gasteiger partial charge >= 0.3 is 0 Å². The second kappa shape index (κ2) is 9.84. The molecule has 0 saturated heterocycles. The Balaban J connectivity index is 1.46. The van der Waals surface area contributed by atoms with Gasteiger partial charge in [0.2, 0.25) is 11.7 Å². The van der Waals surface area contributed by atoms with Gasteiger partial charge in [0.05, 0.1) is 23.6 Å². The van der Waals surface area contributed by atoms with E-state index in [-0.39, 0.29) is 11.6 Å². The van der Waals surface area contributed by atoms with Crippen LogP contribution in [0.15, 0.2) is 63.3 Å². The molecule has 0 aliphatic carbocycles. The van der Waals surface area contributed by atoms with E-state index in [9.17, 15) is 4.79 Å². The molecule has 0 bridgehead atoms. The van der Waals surface area contributed by atoms with Crippen LogP contribution in [0.1, 0.15) is 25.3 Å². The smallest absolute Gasteiger partial charge is 0.262 e. The van der Waals surface area contributed by atoms with Gasteiger partial charge in [0.1, 0.15) is 0 Å². The second-order valence-electron chi connectivity index (χ2n) is 7.09. The SMILES string of the molecule is COCC(C)n1c(SCCCc2nc(-c3ccncc3)no2)nc2ccccc2c1=O. The van der Waals surface area contributed by atoms with Crippen LogP contribution in [-0.4, -0.2) is 44.1 Å². The lowest BCUT2D eigenvalue weighted by Gasteiger charge is -2.18. The Labute approximate surface area is 183 Å². The van der Waals surface area contributed by atoms with Crippen LogP contribution in [-0.2, 0) is 11.2 Å². The highest BCUT2D eigenvalue weighted by molar-refractivity contribution is 7.99. The van der Waals surface area contributed by atoms with Gasteiger partial charge < -0.3 is 9.26 Å². The number of hydrogen-bond donors (Lipinski definition) is 0. The molecule has 3 heterocycles. The molecule has 0 aliphatic rings. The summed E-state index contributed by atoms with van der Waals surface area (Å²) in [6.07, 6.45) is 4.85. The lowest BCUT2D eigenvalue weighted by atomic mass is 10.2. The highest BCUT2D eigenvalue weighted by Crippen LogP contribution is 2.23. The molecule has 31 heavy (non-hydrogen) atoms. The van der Waals surface area contributed by atoms with Crippen LogP contribution in [0.25, 0.3) is 22.3 Å². The van der Waals surface area contributed by atoms with Crippen LogP contribution in [0.4, 0.5) is 0 Å². The van der Waals surface area contributed by atoms with E-state index in [1.165, 1.54) is 0 Å². The predicted octanol–water partition coefficient (Wildman–Crippen LogP) is 3.77. The van der Waals surface area contributed by atoms with Crippen molar-refractivity contribution in [3.05, 3.63) is 65.0 Å². The Kier molecular flexibility index (Phi) is 6.73. The average molecular weight is 438 g/mol. The summed E-state index contributed by atoms with van der Waals surface area (Å²) >= 11 is 1.55. The molecule has 4 rings (SSSR count). The molecule has 0 aliphatic heterocycles. The fourth-order valence-electron chi connectivity index (χ4n) is 3.29. The van der Waals surface area contributed by atoms with Crippen molar-refractivity contribution >= 4 is 22.7 Å². The van der Waals surface area contributed by atoms with Crippen LogP contribution < -0.4 is 5.56 Å². The second-order valence-corrected chi connectivity index (χ2v) is 8.15. The Bertz CT molecular complexity index is 1210. The zero-order chi connectivity index (χ0) is 21.6. The minimum Gasteiger partial charge on any atom is -0.383 e. The number of fused-ring (bicyclic) bond motifs is 1. The van der Waals surface area contributed by atoms with E-state index < -0.39 is 0 Å². The van der Waals surface area contributed by atoms with Gasteiger partial charge in [-0.1, -0.05) is 29.1 Å². The molecule has 1 unspecified atom stereocenters. The van der Waals surface area contributed by atoms with E-state index in [2.05, 4.69) is 15.1 Å². The first-order valence-corrected chi connectivity index (χ1v) is 11.0. The molecule has 8 nitrogen and oxygen atoms in total. The molecule has 160 valence electrons. The molecule has 4 aromatic rings. The number of aromatic nitrogens is 5. The van der Waals surface area contributed by atoms with Crippen LogP contribution >= 0.6 is 11.8 Å². The third-order valence-corrected chi connectivity index (χ3v) is 5.84. The number of thioether (sulfide) groups is 1. The monoisotopic (exact) mass is 437 g/mol. The zero-order valence-electron chi connectivity index (χ0n) is 17.4. The number of methoxy groups -OCH3 is 1. The topological polar surface area (TPSA) is 95.9 Å². The summed E-state index contributed by atoms with van der Waals surface area (Å²) in [6.45, 7) is 2.40. The van der Waals surface area contributed by atoms with E-state index in [0.717, 1.165) is 17.7 Å². The molecule has 0 saturated carbocycles. The van der Waals surface area contributed by atoms with Gasteiger partial charge in [-0.25, -0.2) is 4.98 Å². The molecule has 9 heteroatoms. The lowest BCUT2D eigenvalue weighted by Crippen LogP contribution is -2.28. The van der Waals surface area contributed by atoms with Crippen molar-refractivity contribution in [3.63, 3.8) is 0 Å². The van der Waals surface area contributed by atoms with Crippen molar-refractivity contribution in [2.24, 2.45) is 0 Å². The summed E-state index contributed by atoms with van der Waals surface area (Å²) in [4.78, 5) is 26.3. The molecular formula is C22H23N5O3S. The van der Waals surface area contributed by atoms with Gasteiger partial charge in [-0.3, -0.25) is 14.3 Å². The summed E-state index contributed by atoms with van der Waals surface area (Å²) < 4.78 is 12.4. The molecule has 0 radical (unpaired) electrons. The van der Waals surface area contributed by atoms with E-state index in [1.807, 2.05) is 43.3 Å². The fourth-order valence-corrected chi connectivity index (χ4v) is 4.33. The van der Waals surface area contributed by atoms with E-state index >= 15 is 0 Å². The number of aryl methyl sites for hydroxylation is 1. The van der Waals surface area contributed by atoms with E-state index in [4.69, 9.17) is 14.2 Å². The highest BCUT2D eigenvalue weighted by Gasteiger charge is 2.16. The van der Waals surface area contributed by atoms with Crippen molar-refractivity contribution in [2.45, 2.75) is 31.0 Å². The first-order chi connectivity index (χ1) is 15.2. The number of hydrogen-bond acceptors (Lipinski definition) is 8. The van der Waals surface area contributed by atoms with Gasteiger partial charge in [0.25, 0.3) is 5.56 Å². The summed E-state index contributed by atoms with van der Waals surface area (Å²) in [6, 6.07) is 11.0. The molecule has 3 aromatic heterocycles. The first-order valence-electron chi connectivity index (χ1n) is 10.0. The third kappa shape index (κ3) is 4.83. The summed E-state index contributed by atoms with van der Waals surface area (Å²) in [5, 5.41) is 5.34. The minimum absolute atomic E-state index is 0.0449. The largest absolute Gasteiger partial charge is 0.383 e. The van der Waals surface area contributed by atoms with Crippen molar-refractivity contribution < 1.29 is 9.26 Å². The maximum Gasteiger partial charge on any atom is 0.262 e. The van der Waals surface area contributed by atoms with Crippen LogP contribution in [0.5, 0.6) is 0 Å². The Morgan fingerprint density at radius 1 is 1.16 bits per heavy atom. The standard InChI is InChI=1S/C22H23N5O3S/c1-15(14-29-2)27-21(28)17-6-3-4-7-18(17)24-22(27)31-13-5-8-19-25-20(26-30-19)16-9-11-23-12-10-16/h3-4,6-7,9-12,15H,5,8,13-14H2,1-2H3. The minimum atomic E-state index is -0.115. The predicted molar refractivity (Wildman–Crippen MR) is 119 cm³/mol. The number of para-hydroxylation sites is 1. The van der Waals surface area contributed by atoms with E-state index in [1.54, 1.807) is 35.8 Å². The van der Waals surface area contributed by atoms with Crippen LogP contribution in [0.3, 0.4) is 0 Å². The fraction of sp³-hybridized carbons (Fsp3) is 0.318. The van der Waals surface area contributed by atoms with Crippen LogP contribution in [0.2, 0.25) is 0 Å². The molecule has 1 aromatic carbocycles. The highest BCUT2D eigenvalue weighted by atomic mass is 32.2. The molecule has 0 amide bonds. The summed E-state index contributed by atoms with van der Waals surface area (Å²) in [7, 11) is 1.63. The van der Waals surface area contributed by atoms with Gasteiger partial charge in [-0.2, -0.15) is 4.98 Å². The van der Waals surface area contributed by atoms with E-state index in [0.29, 0.717) is 40.8 Å². The lowest BCUT2D eigenvalue weighted by molar-refractivity contribution is 0.156. The first kappa shape index (κ1) is 21.2. The molecular weight excluding hydrogens is 414 g/mol. The number of pyridine rings is 1. The Hall–Kier alpha value is -3.04. The number of ether oxygens (including phenoxy) is 1. The molecule has 0 N–H and O–H groups in total. The zero-order valence-corrected chi connectivity index (χ0v) is 18.2. The van der Waals surface area contributed by atoms with Gasteiger partial charge in [0, 0.05) is 37.2 Å². The molecule has 0 spiro atoms. The Morgan fingerprint density at radius 2 is 1.97 bits per heavy atom. The third-order valence-electron chi connectivity index (χ3n) is 4.80. The maximum atomic E-state index is 13.1. The number of nitrogens with zero attached hydrogens (tertiary/aromatic N) is 5. The molecule has 0 fully saturated rings. The maximum absolute atomic E-state index is 13.1. The van der Waals surface area contributed by atoms with Gasteiger partial charge in [-0.15, -0.1) is 0 Å².